The maximum atomic E-state index is 13.2. The molecule has 3 aromatic rings. The van der Waals surface area contributed by atoms with Gasteiger partial charge in [0.25, 0.3) is 0 Å². The van der Waals surface area contributed by atoms with Gasteiger partial charge in [-0.05, 0) is 54.1 Å². The van der Waals surface area contributed by atoms with E-state index in [1.807, 2.05) is 0 Å². The fourth-order valence-electron chi connectivity index (χ4n) is 2.84. The molecule has 0 spiro atoms. The Hall–Kier alpha value is -2.58. The fourth-order valence-corrected chi connectivity index (χ4v) is 4.71. The summed E-state index contributed by atoms with van der Waals surface area (Å²) in [5.41, 5.74) is 1.05. The number of amides is 1. The zero-order valence-corrected chi connectivity index (χ0v) is 18.9. The first kappa shape index (κ1) is 23.1. The van der Waals surface area contributed by atoms with Crippen molar-refractivity contribution in [1.82, 2.24) is 4.31 Å². The van der Waals surface area contributed by atoms with Gasteiger partial charge in [0.2, 0.25) is 15.9 Å². The highest BCUT2D eigenvalue weighted by Gasteiger charge is 2.27. The summed E-state index contributed by atoms with van der Waals surface area (Å²) in [6.07, 6.45) is 0. The van der Waals surface area contributed by atoms with Gasteiger partial charge < -0.3 is 10.1 Å². The molecule has 6 nitrogen and oxygen atoms in total. The molecule has 3 aromatic carbocycles. The summed E-state index contributed by atoms with van der Waals surface area (Å²) in [6.45, 7) is -0.495. The summed E-state index contributed by atoms with van der Waals surface area (Å²) in [4.78, 5) is 12.8. The van der Waals surface area contributed by atoms with Crippen LogP contribution in [0, 0.1) is 0 Å². The van der Waals surface area contributed by atoms with Crippen molar-refractivity contribution >= 4 is 44.8 Å². The zero-order chi connectivity index (χ0) is 22.4. The van der Waals surface area contributed by atoms with Crippen molar-refractivity contribution in [2.24, 2.45) is 0 Å². The number of methoxy groups -OCH3 is 1. The highest BCUT2D eigenvalue weighted by atomic mass is 35.5. The van der Waals surface area contributed by atoms with Crippen LogP contribution in [-0.2, 0) is 21.4 Å². The van der Waals surface area contributed by atoms with E-state index >= 15 is 0 Å². The van der Waals surface area contributed by atoms with Gasteiger partial charge in [-0.2, -0.15) is 4.31 Å². The number of benzene rings is 3. The third-order valence-corrected chi connectivity index (χ3v) is 6.83. The molecule has 0 aromatic heterocycles. The van der Waals surface area contributed by atoms with E-state index in [0.29, 0.717) is 27.0 Å². The van der Waals surface area contributed by atoms with E-state index in [4.69, 9.17) is 27.9 Å². The molecule has 0 radical (unpaired) electrons. The van der Waals surface area contributed by atoms with E-state index in [-0.39, 0.29) is 11.4 Å². The lowest BCUT2D eigenvalue weighted by Crippen LogP contribution is -2.37. The van der Waals surface area contributed by atoms with Gasteiger partial charge in [-0.1, -0.05) is 47.5 Å². The van der Waals surface area contributed by atoms with E-state index in [1.54, 1.807) is 61.7 Å². The fraction of sp³-hybridized carbons (Fsp3) is 0.136. The van der Waals surface area contributed by atoms with E-state index in [9.17, 15) is 13.2 Å². The second kappa shape index (κ2) is 10.2. The Morgan fingerprint density at radius 2 is 1.68 bits per heavy atom. The summed E-state index contributed by atoms with van der Waals surface area (Å²) in [6, 6.07) is 19.4. The minimum Gasteiger partial charge on any atom is -0.497 e. The van der Waals surface area contributed by atoms with Crippen LogP contribution in [0.2, 0.25) is 10.0 Å². The van der Waals surface area contributed by atoms with Crippen molar-refractivity contribution in [3.8, 4) is 5.75 Å². The SMILES string of the molecule is COc1ccc(NC(=O)CN(Cc2ccc(Cl)cc2Cl)S(=O)(=O)c2ccccc2)cc1. The minimum absolute atomic E-state index is 0.0809. The smallest absolute Gasteiger partial charge is 0.243 e. The van der Waals surface area contributed by atoms with Crippen LogP contribution in [0.25, 0.3) is 0 Å². The zero-order valence-electron chi connectivity index (χ0n) is 16.6. The summed E-state index contributed by atoms with van der Waals surface area (Å²) >= 11 is 12.2. The van der Waals surface area contributed by atoms with Gasteiger partial charge in [-0.15, -0.1) is 0 Å². The molecule has 3 rings (SSSR count). The van der Waals surface area contributed by atoms with Crippen molar-refractivity contribution in [1.29, 1.82) is 0 Å². The Morgan fingerprint density at radius 1 is 1.00 bits per heavy atom. The van der Waals surface area contributed by atoms with Crippen LogP contribution in [-0.4, -0.2) is 32.3 Å². The van der Waals surface area contributed by atoms with Crippen LogP contribution in [0.3, 0.4) is 0 Å². The second-order valence-electron chi connectivity index (χ2n) is 6.60. The Kier molecular flexibility index (Phi) is 7.56. The first-order valence-corrected chi connectivity index (χ1v) is 11.4. The van der Waals surface area contributed by atoms with Crippen LogP contribution >= 0.6 is 23.2 Å². The Balaban J connectivity index is 1.86. The highest BCUT2D eigenvalue weighted by molar-refractivity contribution is 7.89. The van der Waals surface area contributed by atoms with Crippen molar-refractivity contribution < 1.29 is 17.9 Å². The number of hydrogen-bond acceptors (Lipinski definition) is 4. The Labute approximate surface area is 191 Å². The molecular weight excluding hydrogens is 459 g/mol. The predicted octanol–water partition coefficient (Wildman–Crippen LogP) is 4.83. The number of rotatable bonds is 8. The molecular formula is C22H20Cl2N2O4S. The number of nitrogens with one attached hydrogen (secondary N) is 1. The first-order valence-electron chi connectivity index (χ1n) is 9.22. The lowest BCUT2D eigenvalue weighted by molar-refractivity contribution is -0.116. The number of carbonyl (C=O) groups is 1. The van der Waals surface area contributed by atoms with Crippen LogP contribution in [0.1, 0.15) is 5.56 Å². The van der Waals surface area contributed by atoms with Crippen LogP contribution < -0.4 is 10.1 Å². The maximum Gasteiger partial charge on any atom is 0.243 e. The lowest BCUT2D eigenvalue weighted by atomic mass is 10.2. The molecule has 162 valence electrons. The molecule has 0 aliphatic heterocycles. The van der Waals surface area contributed by atoms with Gasteiger partial charge in [-0.3, -0.25) is 4.79 Å². The predicted molar refractivity (Wildman–Crippen MR) is 122 cm³/mol. The molecule has 0 saturated carbocycles. The van der Waals surface area contributed by atoms with Gasteiger partial charge in [0, 0.05) is 22.3 Å². The molecule has 9 heteroatoms. The molecule has 0 aliphatic carbocycles. The molecule has 0 fully saturated rings. The summed E-state index contributed by atoms with van der Waals surface area (Å²) in [7, 11) is -2.42. The summed E-state index contributed by atoms with van der Waals surface area (Å²) in [5.74, 6) is 0.151. The largest absolute Gasteiger partial charge is 0.497 e. The molecule has 0 atom stereocenters. The van der Waals surface area contributed by atoms with Gasteiger partial charge in [0.15, 0.2) is 0 Å². The summed E-state index contributed by atoms with van der Waals surface area (Å²) in [5, 5.41) is 3.45. The number of hydrogen-bond donors (Lipinski definition) is 1. The van der Waals surface area contributed by atoms with Crippen molar-refractivity contribution in [2.45, 2.75) is 11.4 Å². The van der Waals surface area contributed by atoms with E-state index in [0.717, 1.165) is 4.31 Å². The van der Waals surface area contributed by atoms with Gasteiger partial charge in [0.05, 0.1) is 18.6 Å². The van der Waals surface area contributed by atoms with Gasteiger partial charge >= 0.3 is 0 Å². The van der Waals surface area contributed by atoms with Crippen molar-refractivity contribution in [3.63, 3.8) is 0 Å². The van der Waals surface area contributed by atoms with Gasteiger partial charge in [0.1, 0.15) is 5.75 Å². The van der Waals surface area contributed by atoms with E-state index in [2.05, 4.69) is 5.32 Å². The highest BCUT2D eigenvalue weighted by Crippen LogP contribution is 2.25. The number of ether oxygens (including phenoxy) is 1. The standard InChI is InChI=1S/C22H20Cl2N2O4S/c1-30-19-11-9-18(10-12-19)25-22(27)15-26(14-16-7-8-17(23)13-21(16)24)31(28,29)20-5-3-2-4-6-20/h2-13H,14-15H2,1H3,(H,25,27). The quantitative estimate of drug-likeness (QED) is 0.502. The van der Waals surface area contributed by atoms with E-state index < -0.39 is 22.5 Å². The third-order valence-electron chi connectivity index (χ3n) is 4.44. The second-order valence-corrected chi connectivity index (χ2v) is 9.38. The Bertz CT molecular complexity index is 1150. The molecule has 1 amide bonds. The number of halogens is 2. The minimum atomic E-state index is -3.96. The topological polar surface area (TPSA) is 75.7 Å². The molecule has 0 unspecified atom stereocenters. The number of nitrogens with zero attached hydrogens (tertiary/aromatic N) is 1. The molecule has 0 saturated heterocycles. The molecule has 1 N–H and O–H groups in total. The number of sulfonamides is 1. The maximum absolute atomic E-state index is 13.2. The van der Waals surface area contributed by atoms with Crippen molar-refractivity contribution in [2.75, 3.05) is 19.0 Å². The average molecular weight is 479 g/mol. The summed E-state index contributed by atoms with van der Waals surface area (Å²) < 4.78 is 32.7. The van der Waals surface area contributed by atoms with Crippen LogP contribution in [0.4, 0.5) is 5.69 Å². The first-order chi connectivity index (χ1) is 14.8. The van der Waals surface area contributed by atoms with E-state index in [1.165, 1.54) is 18.2 Å². The third kappa shape index (κ3) is 5.98. The molecule has 31 heavy (non-hydrogen) atoms. The lowest BCUT2D eigenvalue weighted by Gasteiger charge is -2.22. The molecule has 0 heterocycles. The molecule has 0 bridgehead atoms. The normalized spacial score (nSPS) is 11.4. The van der Waals surface area contributed by atoms with Crippen molar-refractivity contribution in [3.05, 3.63) is 88.4 Å². The van der Waals surface area contributed by atoms with Crippen LogP contribution in [0.5, 0.6) is 5.75 Å². The number of carbonyl (C=O) groups excluding carboxylic acids is 1. The Morgan fingerprint density at radius 3 is 2.29 bits per heavy atom. The van der Waals surface area contributed by atoms with Crippen LogP contribution in [0.15, 0.2) is 77.7 Å². The van der Waals surface area contributed by atoms with Gasteiger partial charge in [-0.25, -0.2) is 8.42 Å². The average Bonchev–Trinajstić information content (AvgIpc) is 2.76. The monoisotopic (exact) mass is 478 g/mol. The molecule has 0 aliphatic rings. The number of anilines is 1.